The minimum Gasteiger partial charge on any atom is -0.326 e. The fourth-order valence-electron chi connectivity index (χ4n) is 2.33. The summed E-state index contributed by atoms with van der Waals surface area (Å²) in [6, 6.07) is 11.8. The molecule has 0 aliphatic rings. The van der Waals surface area contributed by atoms with Crippen LogP contribution in [0.3, 0.4) is 0 Å². The van der Waals surface area contributed by atoms with Crippen molar-refractivity contribution in [2.24, 2.45) is 0 Å². The monoisotopic (exact) mass is 250 g/mol. The normalized spacial score (nSPS) is 10.8. The molecular formula is C16H14N2O. The number of benzene rings is 1. The van der Waals surface area contributed by atoms with Gasteiger partial charge in [0.1, 0.15) is 0 Å². The second kappa shape index (κ2) is 4.69. The van der Waals surface area contributed by atoms with Crippen molar-refractivity contribution in [1.82, 2.24) is 9.97 Å². The summed E-state index contributed by atoms with van der Waals surface area (Å²) >= 11 is 0. The molecule has 94 valence electrons. The molecule has 3 nitrogen and oxygen atoms in total. The summed E-state index contributed by atoms with van der Waals surface area (Å²) in [6.07, 6.45) is 4.33. The molecule has 2 aromatic heterocycles. The van der Waals surface area contributed by atoms with Gasteiger partial charge >= 0.3 is 0 Å². The molecule has 0 bridgehead atoms. The zero-order valence-corrected chi connectivity index (χ0v) is 10.7. The lowest BCUT2D eigenvalue weighted by Crippen LogP contribution is -2.09. The molecule has 1 aromatic carbocycles. The summed E-state index contributed by atoms with van der Waals surface area (Å²) in [6.45, 7) is 2.03. The molecule has 0 saturated carbocycles. The molecule has 2 heterocycles. The SMILES string of the molecule is CCc1cc2cccc(-c3cccnc3)c2c(=O)[nH]1. The number of rotatable bonds is 2. The van der Waals surface area contributed by atoms with Gasteiger partial charge in [-0.2, -0.15) is 0 Å². The van der Waals surface area contributed by atoms with Crippen molar-refractivity contribution in [3.8, 4) is 11.1 Å². The van der Waals surface area contributed by atoms with E-state index in [0.717, 1.165) is 34.0 Å². The van der Waals surface area contributed by atoms with Crippen LogP contribution in [0.2, 0.25) is 0 Å². The number of aryl methyl sites for hydroxylation is 1. The Bertz CT molecular complexity index is 776. The Balaban J connectivity index is 2.36. The van der Waals surface area contributed by atoms with E-state index in [9.17, 15) is 4.79 Å². The first-order valence-corrected chi connectivity index (χ1v) is 6.35. The molecule has 0 amide bonds. The van der Waals surface area contributed by atoms with Gasteiger partial charge in [0.2, 0.25) is 0 Å². The molecule has 0 atom stereocenters. The average Bonchev–Trinajstić information content (AvgIpc) is 2.47. The highest BCUT2D eigenvalue weighted by Gasteiger charge is 2.08. The maximum Gasteiger partial charge on any atom is 0.256 e. The lowest BCUT2D eigenvalue weighted by Gasteiger charge is -2.07. The number of pyridine rings is 2. The predicted octanol–water partition coefficient (Wildman–Crippen LogP) is 3.15. The highest BCUT2D eigenvalue weighted by molar-refractivity contribution is 5.95. The van der Waals surface area contributed by atoms with Crippen molar-refractivity contribution in [3.05, 3.63) is 64.8 Å². The number of aromatic amines is 1. The minimum atomic E-state index is -0.0335. The molecule has 1 N–H and O–H groups in total. The number of nitrogens with zero attached hydrogens (tertiary/aromatic N) is 1. The Hall–Kier alpha value is -2.42. The van der Waals surface area contributed by atoms with Gasteiger partial charge in [0.25, 0.3) is 5.56 Å². The van der Waals surface area contributed by atoms with Gasteiger partial charge in [-0.25, -0.2) is 0 Å². The van der Waals surface area contributed by atoms with Crippen LogP contribution in [0.25, 0.3) is 21.9 Å². The molecule has 0 fully saturated rings. The Morgan fingerprint density at radius 2 is 2.11 bits per heavy atom. The van der Waals surface area contributed by atoms with Gasteiger partial charge in [-0.15, -0.1) is 0 Å². The summed E-state index contributed by atoms with van der Waals surface area (Å²) in [5, 5.41) is 1.70. The number of aromatic nitrogens is 2. The zero-order valence-electron chi connectivity index (χ0n) is 10.7. The minimum absolute atomic E-state index is 0.0335. The van der Waals surface area contributed by atoms with Crippen LogP contribution in [0.1, 0.15) is 12.6 Å². The molecule has 3 heteroatoms. The smallest absolute Gasteiger partial charge is 0.256 e. The summed E-state index contributed by atoms with van der Waals surface area (Å²) in [5.74, 6) is 0. The standard InChI is InChI=1S/C16H14N2O/c1-2-13-9-11-5-3-7-14(15(11)16(19)18-13)12-6-4-8-17-10-12/h3-10H,2H2,1H3,(H,18,19). The first-order chi connectivity index (χ1) is 9.29. The van der Waals surface area contributed by atoms with Gasteiger partial charge in [-0.05, 0) is 29.5 Å². The zero-order chi connectivity index (χ0) is 13.2. The summed E-state index contributed by atoms with van der Waals surface area (Å²) in [4.78, 5) is 19.3. The third-order valence-electron chi connectivity index (χ3n) is 3.28. The fraction of sp³-hybridized carbons (Fsp3) is 0.125. The van der Waals surface area contributed by atoms with Gasteiger partial charge in [0.05, 0.1) is 5.39 Å². The van der Waals surface area contributed by atoms with Crippen LogP contribution in [0.15, 0.2) is 53.6 Å². The first-order valence-electron chi connectivity index (χ1n) is 6.35. The summed E-state index contributed by atoms with van der Waals surface area (Å²) in [7, 11) is 0. The van der Waals surface area contributed by atoms with E-state index in [4.69, 9.17) is 0 Å². The lowest BCUT2D eigenvalue weighted by atomic mass is 10.0. The van der Waals surface area contributed by atoms with Crippen LogP contribution in [0.5, 0.6) is 0 Å². The van der Waals surface area contributed by atoms with E-state index in [1.54, 1.807) is 12.4 Å². The largest absolute Gasteiger partial charge is 0.326 e. The summed E-state index contributed by atoms with van der Waals surface area (Å²) < 4.78 is 0. The van der Waals surface area contributed by atoms with Crippen molar-refractivity contribution in [1.29, 1.82) is 0 Å². The van der Waals surface area contributed by atoms with Crippen molar-refractivity contribution in [2.75, 3.05) is 0 Å². The molecule has 3 rings (SSSR count). The van der Waals surface area contributed by atoms with Crippen molar-refractivity contribution >= 4 is 10.8 Å². The third-order valence-corrected chi connectivity index (χ3v) is 3.28. The third kappa shape index (κ3) is 2.03. The van der Waals surface area contributed by atoms with E-state index in [-0.39, 0.29) is 5.56 Å². The molecule has 0 aliphatic heterocycles. The van der Waals surface area contributed by atoms with Gasteiger partial charge in [0.15, 0.2) is 0 Å². The molecule has 0 spiro atoms. The van der Waals surface area contributed by atoms with Gasteiger partial charge < -0.3 is 4.98 Å². The Morgan fingerprint density at radius 3 is 2.84 bits per heavy atom. The van der Waals surface area contributed by atoms with Crippen molar-refractivity contribution in [2.45, 2.75) is 13.3 Å². The van der Waals surface area contributed by atoms with Gasteiger partial charge in [0, 0.05) is 23.7 Å². The molecule has 0 saturated heterocycles. The van der Waals surface area contributed by atoms with E-state index >= 15 is 0 Å². The maximum atomic E-state index is 12.3. The number of H-pyrrole nitrogens is 1. The predicted molar refractivity (Wildman–Crippen MR) is 77.2 cm³/mol. The van der Waals surface area contributed by atoms with E-state index in [1.807, 2.05) is 43.3 Å². The first kappa shape index (κ1) is 11.7. The van der Waals surface area contributed by atoms with Crippen LogP contribution in [-0.4, -0.2) is 9.97 Å². The molecule has 0 aliphatic carbocycles. The summed E-state index contributed by atoms with van der Waals surface area (Å²) in [5.41, 5.74) is 2.81. The molecule has 0 radical (unpaired) electrons. The van der Waals surface area contributed by atoms with Crippen molar-refractivity contribution in [3.63, 3.8) is 0 Å². The highest BCUT2D eigenvalue weighted by atomic mass is 16.1. The fourth-order valence-corrected chi connectivity index (χ4v) is 2.33. The number of hydrogen-bond donors (Lipinski definition) is 1. The number of nitrogens with one attached hydrogen (secondary N) is 1. The highest BCUT2D eigenvalue weighted by Crippen LogP contribution is 2.25. The molecule has 19 heavy (non-hydrogen) atoms. The van der Waals surface area contributed by atoms with Gasteiger partial charge in [-0.3, -0.25) is 9.78 Å². The average molecular weight is 250 g/mol. The molecule has 0 unspecified atom stereocenters. The number of hydrogen-bond acceptors (Lipinski definition) is 2. The number of fused-ring (bicyclic) bond motifs is 1. The Kier molecular flexibility index (Phi) is 2.88. The second-order valence-electron chi connectivity index (χ2n) is 4.49. The van der Waals surface area contributed by atoms with E-state index in [1.165, 1.54) is 0 Å². The topological polar surface area (TPSA) is 45.8 Å². The quantitative estimate of drug-likeness (QED) is 0.759. The Labute approximate surface area is 111 Å². The maximum absolute atomic E-state index is 12.3. The van der Waals surface area contributed by atoms with Crippen LogP contribution in [0.4, 0.5) is 0 Å². The van der Waals surface area contributed by atoms with Crippen LogP contribution in [-0.2, 0) is 6.42 Å². The van der Waals surface area contributed by atoms with Crippen LogP contribution >= 0.6 is 0 Å². The second-order valence-corrected chi connectivity index (χ2v) is 4.49. The van der Waals surface area contributed by atoms with E-state index < -0.39 is 0 Å². The van der Waals surface area contributed by atoms with Crippen molar-refractivity contribution < 1.29 is 0 Å². The lowest BCUT2D eigenvalue weighted by molar-refractivity contribution is 1.03. The molecular weight excluding hydrogens is 236 g/mol. The Morgan fingerprint density at radius 1 is 1.21 bits per heavy atom. The van der Waals surface area contributed by atoms with Crippen LogP contribution in [0, 0.1) is 0 Å². The van der Waals surface area contributed by atoms with Crippen LogP contribution < -0.4 is 5.56 Å². The van der Waals surface area contributed by atoms with Gasteiger partial charge in [-0.1, -0.05) is 31.2 Å². The van der Waals surface area contributed by atoms with E-state index in [2.05, 4.69) is 9.97 Å². The molecule has 3 aromatic rings. The van der Waals surface area contributed by atoms with E-state index in [0.29, 0.717) is 0 Å².